The molecule has 7 heteroatoms. The van der Waals surface area contributed by atoms with E-state index in [2.05, 4.69) is 6.92 Å². The van der Waals surface area contributed by atoms with E-state index in [1.807, 2.05) is 0 Å². The van der Waals surface area contributed by atoms with Gasteiger partial charge in [-0.1, -0.05) is 26.2 Å². The van der Waals surface area contributed by atoms with Crippen LogP contribution in [-0.2, 0) is 23.1 Å². The topological polar surface area (TPSA) is 54.0 Å². The summed E-state index contributed by atoms with van der Waals surface area (Å²) < 4.78 is 32.9. The maximum Gasteiger partial charge on any atom is 0.389 e. The van der Waals surface area contributed by atoms with Crippen LogP contribution in [0.3, 0.4) is 0 Å². The summed E-state index contributed by atoms with van der Waals surface area (Å²) in [5, 5.41) is 0. The molecule has 5 nitrogen and oxygen atoms in total. The molecule has 0 aliphatic heterocycles. The van der Waals surface area contributed by atoms with Gasteiger partial charge < -0.3 is 9.47 Å². The van der Waals surface area contributed by atoms with Gasteiger partial charge in [0.25, 0.3) is 0 Å². The lowest BCUT2D eigenvalue weighted by atomic mass is 10.2. The molecule has 0 bridgehead atoms. The quantitative estimate of drug-likeness (QED) is 0.360. The maximum absolute atomic E-state index is 12.4. The van der Waals surface area contributed by atoms with Gasteiger partial charge in [0.1, 0.15) is 0 Å². The van der Waals surface area contributed by atoms with Crippen LogP contribution in [0.2, 0.25) is 0 Å². The Morgan fingerprint density at radius 3 is 1.95 bits per heavy atom. The number of rotatable bonds is 14. The van der Waals surface area contributed by atoms with Crippen LogP contribution in [0.1, 0.15) is 32.6 Å². The third kappa shape index (κ3) is 11.9. The Morgan fingerprint density at radius 1 is 0.895 bits per heavy atom. The van der Waals surface area contributed by atoms with Gasteiger partial charge in [0.15, 0.2) is 0 Å². The maximum atomic E-state index is 12.4. The van der Waals surface area contributed by atoms with Gasteiger partial charge in [0.2, 0.25) is 0 Å². The first-order chi connectivity index (χ1) is 9.18. The highest BCUT2D eigenvalue weighted by atomic mass is 32.7. The van der Waals surface area contributed by atoms with E-state index in [4.69, 9.17) is 18.5 Å². The Hall–Kier alpha value is 0.420. The van der Waals surface area contributed by atoms with Crippen molar-refractivity contribution in [1.82, 2.24) is 0 Å². The molecule has 19 heavy (non-hydrogen) atoms. The molecule has 0 spiro atoms. The Bertz CT molecular complexity index is 226. The molecular formula is C12H27O5PS. The number of hydrogen-bond acceptors (Lipinski definition) is 6. The zero-order valence-electron chi connectivity index (χ0n) is 12.3. The zero-order valence-corrected chi connectivity index (χ0v) is 14.0. The smallest absolute Gasteiger partial charge is 0.382 e. The first-order valence-electron chi connectivity index (χ1n) is 6.70. The summed E-state index contributed by atoms with van der Waals surface area (Å²) in [6, 6.07) is 0. The Morgan fingerprint density at radius 2 is 1.47 bits per heavy atom. The van der Waals surface area contributed by atoms with Crippen molar-refractivity contribution in [3.05, 3.63) is 0 Å². The van der Waals surface area contributed by atoms with Crippen molar-refractivity contribution in [3.8, 4) is 0 Å². The molecule has 0 fully saturated rings. The number of ether oxygens (including phenoxy) is 2. The lowest BCUT2D eigenvalue weighted by Crippen LogP contribution is -2.05. The van der Waals surface area contributed by atoms with E-state index in [9.17, 15) is 4.57 Å². The predicted octanol–water partition coefficient (Wildman–Crippen LogP) is 3.73. The third-order valence-electron chi connectivity index (χ3n) is 2.32. The average Bonchev–Trinajstić information content (AvgIpc) is 2.39. The summed E-state index contributed by atoms with van der Waals surface area (Å²) in [5.74, 6) is 0.789. The number of unbranched alkanes of at least 4 members (excludes halogenated alkanes) is 3. The van der Waals surface area contributed by atoms with Gasteiger partial charge in [-0.15, -0.1) is 0 Å². The molecular weight excluding hydrogens is 287 g/mol. The van der Waals surface area contributed by atoms with Crippen LogP contribution in [0.15, 0.2) is 0 Å². The number of methoxy groups -OCH3 is 2. The van der Waals surface area contributed by atoms with E-state index >= 15 is 0 Å². The van der Waals surface area contributed by atoms with E-state index in [0.29, 0.717) is 13.2 Å². The molecule has 0 heterocycles. The standard InChI is InChI=1S/C12H27O5PS/c1-4-5-6-7-12-19-18(13,16-10-8-14-2)17-11-9-15-3/h4-12H2,1-3H3. The van der Waals surface area contributed by atoms with Crippen LogP contribution < -0.4 is 0 Å². The lowest BCUT2D eigenvalue weighted by Gasteiger charge is -2.17. The van der Waals surface area contributed by atoms with Crippen LogP contribution in [0, 0.1) is 0 Å². The Kier molecular flexibility index (Phi) is 13.7. The van der Waals surface area contributed by atoms with Gasteiger partial charge >= 0.3 is 6.80 Å². The van der Waals surface area contributed by atoms with E-state index in [1.165, 1.54) is 24.2 Å². The van der Waals surface area contributed by atoms with Crippen molar-refractivity contribution in [3.63, 3.8) is 0 Å². The molecule has 0 radical (unpaired) electrons. The lowest BCUT2D eigenvalue weighted by molar-refractivity contribution is 0.113. The van der Waals surface area contributed by atoms with Crippen molar-refractivity contribution in [2.24, 2.45) is 0 Å². The first-order valence-corrected chi connectivity index (χ1v) is 9.83. The third-order valence-corrected chi connectivity index (χ3v) is 6.23. The second kappa shape index (κ2) is 13.4. The van der Waals surface area contributed by atoms with Gasteiger partial charge in [-0.3, -0.25) is 9.05 Å². The molecule has 0 amide bonds. The summed E-state index contributed by atoms with van der Waals surface area (Å²) >= 11 is 1.28. The molecule has 0 unspecified atom stereocenters. The molecule has 0 saturated carbocycles. The highest BCUT2D eigenvalue weighted by molar-refractivity contribution is 8.55. The van der Waals surface area contributed by atoms with Crippen LogP contribution >= 0.6 is 18.2 Å². The largest absolute Gasteiger partial charge is 0.389 e. The molecule has 0 atom stereocenters. The average molecular weight is 314 g/mol. The molecule has 0 aliphatic carbocycles. The summed E-state index contributed by atoms with van der Waals surface area (Å²) in [6.45, 7) is 0.478. The van der Waals surface area contributed by atoms with Gasteiger partial charge in [-0.05, 0) is 17.8 Å². The fourth-order valence-electron chi connectivity index (χ4n) is 1.28. The monoisotopic (exact) mass is 314 g/mol. The molecule has 116 valence electrons. The van der Waals surface area contributed by atoms with E-state index in [0.717, 1.165) is 18.6 Å². The molecule has 0 aliphatic rings. The van der Waals surface area contributed by atoms with Crippen molar-refractivity contribution in [2.45, 2.75) is 32.6 Å². The zero-order chi connectivity index (χ0) is 14.4. The van der Waals surface area contributed by atoms with Crippen molar-refractivity contribution in [1.29, 1.82) is 0 Å². The Labute approximate surface area is 121 Å². The fraction of sp³-hybridized carbons (Fsp3) is 1.00. The summed E-state index contributed by atoms with van der Waals surface area (Å²) in [7, 11) is 3.16. The molecule has 0 rings (SSSR count). The van der Waals surface area contributed by atoms with Gasteiger partial charge in [-0.25, -0.2) is 4.57 Å². The number of hydrogen-bond donors (Lipinski definition) is 0. The highest BCUT2D eigenvalue weighted by Gasteiger charge is 2.25. The molecule has 0 saturated heterocycles. The first kappa shape index (κ1) is 19.4. The van der Waals surface area contributed by atoms with Crippen molar-refractivity contribution >= 4 is 18.2 Å². The second-order valence-electron chi connectivity index (χ2n) is 3.99. The summed E-state index contributed by atoms with van der Waals surface area (Å²) in [4.78, 5) is 0. The fourth-order valence-corrected chi connectivity index (χ4v) is 4.61. The minimum absolute atomic E-state index is 0.280. The van der Waals surface area contributed by atoms with Crippen molar-refractivity contribution < 1.29 is 23.1 Å². The molecule has 0 aromatic rings. The van der Waals surface area contributed by atoms with E-state index < -0.39 is 6.80 Å². The highest BCUT2D eigenvalue weighted by Crippen LogP contribution is 2.60. The van der Waals surface area contributed by atoms with Crippen LogP contribution in [-0.4, -0.2) is 46.4 Å². The molecule has 0 N–H and O–H groups in total. The minimum Gasteiger partial charge on any atom is -0.382 e. The van der Waals surface area contributed by atoms with Crippen LogP contribution in [0.5, 0.6) is 0 Å². The van der Waals surface area contributed by atoms with Crippen LogP contribution in [0.4, 0.5) is 0 Å². The summed E-state index contributed by atoms with van der Waals surface area (Å²) in [5.41, 5.74) is 0. The normalized spacial score (nSPS) is 11.9. The van der Waals surface area contributed by atoms with Crippen molar-refractivity contribution in [2.75, 3.05) is 46.4 Å². The van der Waals surface area contributed by atoms with E-state index in [-0.39, 0.29) is 13.2 Å². The summed E-state index contributed by atoms with van der Waals surface area (Å²) in [6.07, 6.45) is 4.58. The van der Waals surface area contributed by atoms with Gasteiger partial charge in [0, 0.05) is 20.0 Å². The predicted molar refractivity (Wildman–Crippen MR) is 79.9 cm³/mol. The second-order valence-corrected chi connectivity index (χ2v) is 8.19. The van der Waals surface area contributed by atoms with Crippen LogP contribution in [0.25, 0.3) is 0 Å². The Balaban J connectivity index is 3.97. The van der Waals surface area contributed by atoms with E-state index in [1.54, 1.807) is 14.2 Å². The van der Waals surface area contributed by atoms with Gasteiger partial charge in [0.05, 0.1) is 26.4 Å². The molecule has 0 aromatic heterocycles. The molecule has 0 aromatic carbocycles. The van der Waals surface area contributed by atoms with Gasteiger partial charge in [-0.2, -0.15) is 0 Å². The SMILES string of the molecule is CCCCCCSP(=O)(OCCOC)OCCOC. The minimum atomic E-state index is -3.07.